The average Bonchev–Trinajstić information content (AvgIpc) is 2.43. The van der Waals surface area contributed by atoms with Gasteiger partial charge in [0.15, 0.2) is 23.9 Å². The number of aldehydes is 1. The minimum atomic E-state index is -0.939. The van der Waals surface area contributed by atoms with Crippen LogP contribution in [0, 0.1) is 10.1 Å². The van der Waals surface area contributed by atoms with Gasteiger partial charge in [-0.15, -0.1) is 0 Å². The highest BCUT2D eigenvalue weighted by Gasteiger charge is 2.23. The standard InChI is InChI=1S/C12H14N2O6/c1-3-9(12(13)16)20-11-5-8(14(17)18)7(6-15)4-10(11)19-2/h4-6,9H,3H2,1-2H3,(H2,13,16). The number of benzene rings is 1. The van der Waals surface area contributed by atoms with Crippen LogP contribution in [0.1, 0.15) is 23.7 Å². The molecular weight excluding hydrogens is 268 g/mol. The summed E-state index contributed by atoms with van der Waals surface area (Å²) < 4.78 is 10.3. The van der Waals surface area contributed by atoms with Gasteiger partial charge in [0.1, 0.15) is 0 Å². The van der Waals surface area contributed by atoms with E-state index in [2.05, 4.69) is 0 Å². The smallest absolute Gasteiger partial charge is 0.283 e. The Labute approximate surface area is 114 Å². The molecule has 8 nitrogen and oxygen atoms in total. The lowest BCUT2D eigenvalue weighted by molar-refractivity contribution is -0.385. The number of rotatable bonds is 7. The Hall–Kier alpha value is -2.64. The third-order valence-corrected chi connectivity index (χ3v) is 2.59. The number of methoxy groups -OCH3 is 1. The first-order chi connectivity index (χ1) is 9.44. The van der Waals surface area contributed by atoms with E-state index in [0.717, 1.165) is 6.07 Å². The van der Waals surface area contributed by atoms with Crippen molar-refractivity contribution in [2.45, 2.75) is 19.4 Å². The van der Waals surface area contributed by atoms with Crippen molar-refractivity contribution in [2.75, 3.05) is 7.11 Å². The molecule has 8 heteroatoms. The molecule has 1 aromatic rings. The van der Waals surface area contributed by atoms with E-state index in [9.17, 15) is 19.7 Å². The van der Waals surface area contributed by atoms with E-state index >= 15 is 0 Å². The number of hydrogen-bond acceptors (Lipinski definition) is 6. The molecule has 0 saturated carbocycles. The number of carbonyl (C=O) groups excluding carboxylic acids is 2. The lowest BCUT2D eigenvalue weighted by Crippen LogP contribution is -2.33. The van der Waals surface area contributed by atoms with Gasteiger partial charge in [-0.25, -0.2) is 0 Å². The van der Waals surface area contributed by atoms with Gasteiger partial charge in [-0.1, -0.05) is 6.92 Å². The number of carbonyl (C=O) groups is 2. The Bertz CT molecular complexity index is 543. The number of hydrogen-bond donors (Lipinski definition) is 1. The van der Waals surface area contributed by atoms with Crippen LogP contribution >= 0.6 is 0 Å². The maximum Gasteiger partial charge on any atom is 0.283 e. The van der Waals surface area contributed by atoms with Crippen molar-refractivity contribution in [3.63, 3.8) is 0 Å². The highest BCUT2D eigenvalue weighted by Crippen LogP contribution is 2.34. The van der Waals surface area contributed by atoms with Crippen LogP contribution in [0.4, 0.5) is 5.69 Å². The molecule has 0 aliphatic rings. The van der Waals surface area contributed by atoms with Crippen LogP contribution in [0.3, 0.4) is 0 Å². The zero-order valence-electron chi connectivity index (χ0n) is 11.0. The fourth-order valence-corrected chi connectivity index (χ4v) is 1.56. The molecule has 0 aliphatic carbocycles. The van der Waals surface area contributed by atoms with Crippen molar-refractivity contribution >= 4 is 17.9 Å². The third-order valence-electron chi connectivity index (χ3n) is 2.59. The number of amides is 1. The molecule has 1 rings (SSSR count). The topological polar surface area (TPSA) is 122 Å². The predicted octanol–water partition coefficient (Wildman–Crippen LogP) is 1.06. The number of nitro benzene ring substituents is 1. The first-order valence-electron chi connectivity index (χ1n) is 5.72. The molecule has 0 saturated heterocycles. The second-order valence-electron chi connectivity index (χ2n) is 3.85. The highest BCUT2D eigenvalue weighted by atomic mass is 16.6. The largest absolute Gasteiger partial charge is 0.493 e. The Morgan fingerprint density at radius 1 is 1.50 bits per heavy atom. The van der Waals surface area contributed by atoms with Crippen molar-refractivity contribution in [3.8, 4) is 11.5 Å². The van der Waals surface area contributed by atoms with Gasteiger partial charge in [0.2, 0.25) is 0 Å². The molecule has 1 unspecified atom stereocenters. The monoisotopic (exact) mass is 282 g/mol. The minimum absolute atomic E-state index is 0.0181. The van der Waals surface area contributed by atoms with Crippen LogP contribution in [0.5, 0.6) is 11.5 Å². The van der Waals surface area contributed by atoms with Gasteiger partial charge in [-0.2, -0.15) is 0 Å². The fraction of sp³-hybridized carbons (Fsp3) is 0.333. The predicted molar refractivity (Wildman–Crippen MR) is 68.9 cm³/mol. The molecular formula is C12H14N2O6. The van der Waals surface area contributed by atoms with Gasteiger partial charge in [0.25, 0.3) is 11.6 Å². The number of primary amides is 1. The number of nitro groups is 1. The van der Waals surface area contributed by atoms with Crippen LogP contribution < -0.4 is 15.2 Å². The van der Waals surface area contributed by atoms with Crippen LogP contribution in [0.2, 0.25) is 0 Å². The quantitative estimate of drug-likeness (QED) is 0.453. The van der Waals surface area contributed by atoms with E-state index in [4.69, 9.17) is 15.2 Å². The molecule has 1 amide bonds. The SMILES string of the molecule is CCC(Oc1cc([N+](=O)[O-])c(C=O)cc1OC)C(N)=O. The number of nitrogens with two attached hydrogens (primary N) is 1. The summed E-state index contributed by atoms with van der Waals surface area (Å²) in [6.45, 7) is 1.68. The maximum absolute atomic E-state index is 11.1. The van der Waals surface area contributed by atoms with Crippen molar-refractivity contribution in [1.29, 1.82) is 0 Å². The summed E-state index contributed by atoms with van der Waals surface area (Å²) in [5, 5.41) is 10.9. The molecule has 0 fully saturated rings. The summed E-state index contributed by atoms with van der Waals surface area (Å²) in [6, 6.07) is 2.21. The van der Waals surface area contributed by atoms with E-state index in [1.807, 2.05) is 0 Å². The highest BCUT2D eigenvalue weighted by molar-refractivity contribution is 5.84. The van der Waals surface area contributed by atoms with Gasteiger partial charge in [-0.05, 0) is 6.42 Å². The molecule has 2 N–H and O–H groups in total. The molecule has 20 heavy (non-hydrogen) atoms. The van der Waals surface area contributed by atoms with E-state index in [1.165, 1.54) is 13.2 Å². The Kier molecular flexibility index (Phi) is 5.01. The summed E-state index contributed by atoms with van der Waals surface area (Å²) in [6.07, 6.45) is -0.303. The summed E-state index contributed by atoms with van der Waals surface area (Å²) >= 11 is 0. The molecule has 0 spiro atoms. The minimum Gasteiger partial charge on any atom is -0.493 e. The van der Waals surface area contributed by atoms with Gasteiger partial charge < -0.3 is 15.2 Å². The Morgan fingerprint density at radius 2 is 2.15 bits per heavy atom. The fourth-order valence-electron chi connectivity index (χ4n) is 1.56. The molecule has 0 aliphatic heterocycles. The number of nitrogens with zero attached hydrogens (tertiary/aromatic N) is 1. The van der Waals surface area contributed by atoms with Gasteiger partial charge >= 0.3 is 0 Å². The van der Waals surface area contributed by atoms with E-state index in [0.29, 0.717) is 12.7 Å². The van der Waals surface area contributed by atoms with Crippen molar-refractivity contribution in [3.05, 3.63) is 27.8 Å². The molecule has 0 radical (unpaired) electrons. The average molecular weight is 282 g/mol. The maximum atomic E-state index is 11.1. The lowest BCUT2D eigenvalue weighted by Gasteiger charge is -2.16. The molecule has 0 aromatic heterocycles. The van der Waals surface area contributed by atoms with Crippen LogP contribution in [-0.2, 0) is 4.79 Å². The van der Waals surface area contributed by atoms with E-state index in [-0.39, 0.29) is 17.1 Å². The summed E-state index contributed by atoms with van der Waals surface area (Å²) in [7, 11) is 1.31. The van der Waals surface area contributed by atoms with Crippen LogP contribution in [-0.4, -0.2) is 30.3 Å². The Morgan fingerprint density at radius 3 is 2.55 bits per heavy atom. The zero-order valence-corrected chi connectivity index (χ0v) is 11.0. The van der Waals surface area contributed by atoms with Gasteiger partial charge in [-0.3, -0.25) is 19.7 Å². The molecule has 108 valence electrons. The van der Waals surface area contributed by atoms with E-state index in [1.54, 1.807) is 6.92 Å². The van der Waals surface area contributed by atoms with Gasteiger partial charge in [0.05, 0.1) is 23.7 Å². The summed E-state index contributed by atoms with van der Waals surface area (Å²) in [4.78, 5) is 32.1. The third kappa shape index (κ3) is 3.22. The molecule has 0 heterocycles. The lowest BCUT2D eigenvalue weighted by atomic mass is 10.1. The van der Waals surface area contributed by atoms with Crippen LogP contribution in [0.15, 0.2) is 12.1 Å². The van der Waals surface area contributed by atoms with Gasteiger partial charge in [0, 0.05) is 6.07 Å². The van der Waals surface area contributed by atoms with Crippen molar-refractivity contribution in [2.24, 2.45) is 5.73 Å². The second kappa shape index (κ2) is 6.50. The zero-order chi connectivity index (χ0) is 15.3. The van der Waals surface area contributed by atoms with E-state index < -0.39 is 22.6 Å². The molecule has 1 atom stereocenters. The first-order valence-corrected chi connectivity index (χ1v) is 5.72. The normalized spacial score (nSPS) is 11.5. The molecule has 0 bridgehead atoms. The van der Waals surface area contributed by atoms with Crippen molar-refractivity contribution in [1.82, 2.24) is 0 Å². The molecule has 1 aromatic carbocycles. The Balaban J connectivity index is 3.30. The van der Waals surface area contributed by atoms with Crippen LogP contribution in [0.25, 0.3) is 0 Å². The van der Waals surface area contributed by atoms with Crippen molar-refractivity contribution < 1.29 is 24.0 Å². The number of ether oxygens (including phenoxy) is 2. The first kappa shape index (κ1) is 15.4. The second-order valence-corrected chi connectivity index (χ2v) is 3.85. The summed E-state index contributed by atoms with van der Waals surface area (Å²) in [5.74, 6) is -0.607. The summed E-state index contributed by atoms with van der Waals surface area (Å²) in [5.41, 5.74) is 4.56.